The summed E-state index contributed by atoms with van der Waals surface area (Å²) in [5, 5.41) is 0.513. The van der Waals surface area contributed by atoms with Gasteiger partial charge in [0.25, 0.3) is 0 Å². The third kappa shape index (κ3) is 3.41. The van der Waals surface area contributed by atoms with Crippen molar-refractivity contribution in [1.29, 1.82) is 0 Å². The lowest BCUT2D eigenvalue weighted by Crippen LogP contribution is -2.45. The number of nitrogens with zero attached hydrogens (tertiary/aromatic N) is 1. The molecule has 124 valence electrons. The molecular weight excluding hydrogens is 334 g/mol. The van der Waals surface area contributed by atoms with E-state index in [0.717, 1.165) is 0 Å². The molecule has 0 radical (unpaired) electrons. The third-order valence-electron chi connectivity index (χ3n) is 3.66. The normalized spacial score (nSPS) is 17.0. The molecule has 1 fully saturated rings. The van der Waals surface area contributed by atoms with Crippen LogP contribution >= 0.6 is 11.6 Å². The molecule has 7 nitrogen and oxygen atoms in total. The monoisotopic (exact) mass is 347 g/mol. The summed E-state index contributed by atoms with van der Waals surface area (Å²) in [5.74, 6) is -1.65. The summed E-state index contributed by atoms with van der Waals surface area (Å²) < 4.78 is 4.92. The summed E-state index contributed by atoms with van der Waals surface area (Å²) in [4.78, 5) is 37.5. The molecule has 8 heteroatoms. The van der Waals surface area contributed by atoms with E-state index in [2.05, 4.69) is 10.9 Å². The molecule has 3 amide bonds. The molecule has 0 unspecified atom stereocenters. The van der Waals surface area contributed by atoms with Gasteiger partial charge in [0.05, 0.1) is 12.2 Å². The predicted molar refractivity (Wildman–Crippen MR) is 86.2 cm³/mol. The molecular formula is C16H14ClN3O4. The number of hydrazine groups is 1. The van der Waals surface area contributed by atoms with Crippen LogP contribution in [0.1, 0.15) is 17.0 Å². The fourth-order valence-electron chi connectivity index (χ4n) is 2.47. The van der Waals surface area contributed by atoms with E-state index in [4.69, 9.17) is 16.0 Å². The van der Waals surface area contributed by atoms with Gasteiger partial charge in [-0.2, -0.15) is 0 Å². The maximum atomic E-state index is 12.1. The van der Waals surface area contributed by atoms with Gasteiger partial charge in [-0.25, -0.2) is 0 Å². The first-order valence-electron chi connectivity index (χ1n) is 7.24. The minimum Gasteiger partial charge on any atom is -0.459 e. The zero-order valence-electron chi connectivity index (χ0n) is 12.5. The Morgan fingerprint density at radius 1 is 1.21 bits per heavy atom. The molecule has 2 heterocycles. The van der Waals surface area contributed by atoms with Crippen LogP contribution in [0.2, 0.25) is 5.02 Å². The minimum atomic E-state index is -0.565. The Morgan fingerprint density at radius 2 is 2.04 bits per heavy atom. The molecule has 0 saturated carbocycles. The number of hydrogen-bond donors (Lipinski definition) is 2. The third-order valence-corrected chi connectivity index (χ3v) is 3.89. The smallest absolute Gasteiger partial charge is 0.305 e. The first-order chi connectivity index (χ1) is 11.5. The van der Waals surface area contributed by atoms with Gasteiger partial charge >= 0.3 is 5.91 Å². The van der Waals surface area contributed by atoms with Gasteiger partial charge < -0.3 is 9.32 Å². The number of rotatable bonds is 3. The highest BCUT2D eigenvalue weighted by molar-refractivity contribution is 6.31. The number of carbonyl (C=O) groups is 3. The summed E-state index contributed by atoms with van der Waals surface area (Å²) in [5.41, 5.74) is 5.21. The molecule has 24 heavy (non-hydrogen) atoms. The maximum absolute atomic E-state index is 12.1. The summed E-state index contributed by atoms with van der Waals surface area (Å²) in [6, 6.07) is 9.90. The van der Waals surface area contributed by atoms with Crippen molar-refractivity contribution in [3.05, 3.63) is 53.4 Å². The highest BCUT2D eigenvalue weighted by Gasteiger charge is 2.35. The van der Waals surface area contributed by atoms with E-state index in [1.54, 1.807) is 30.3 Å². The zero-order chi connectivity index (χ0) is 17.1. The summed E-state index contributed by atoms with van der Waals surface area (Å²) in [6.07, 6.45) is 1.42. The van der Waals surface area contributed by atoms with Crippen molar-refractivity contribution >= 4 is 35.0 Å². The Kier molecular flexibility index (Phi) is 4.52. The van der Waals surface area contributed by atoms with Crippen LogP contribution < -0.4 is 15.8 Å². The Hall–Kier alpha value is -2.80. The van der Waals surface area contributed by atoms with Crippen molar-refractivity contribution in [3.63, 3.8) is 0 Å². The predicted octanol–water partition coefficient (Wildman–Crippen LogP) is 1.75. The number of hydrogen-bond acceptors (Lipinski definition) is 4. The Morgan fingerprint density at radius 3 is 2.75 bits per heavy atom. The lowest BCUT2D eigenvalue weighted by atomic mass is 10.1. The van der Waals surface area contributed by atoms with Gasteiger partial charge in [-0.3, -0.25) is 25.2 Å². The van der Waals surface area contributed by atoms with Crippen molar-refractivity contribution in [2.75, 3.05) is 11.4 Å². The van der Waals surface area contributed by atoms with Gasteiger partial charge in [0.2, 0.25) is 11.8 Å². The SMILES string of the molecule is O=C(NNC(=O)[C@H]1CC(=O)N(c2cccc(Cl)c2)C1)c1ccco1. The molecule has 1 saturated heterocycles. The molecule has 1 aliphatic rings. The number of benzene rings is 1. The van der Waals surface area contributed by atoms with E-state index in [9.17, 15) is 14.4 Å². The molecule has 1 aromatic carbocycles. The van der Waals surface area contributed by atoms with Crippen LogP contribution in [0.25, 0.3) is 0 Å². The Bertz CT molecular complexity index is 775. The van der Waals surface area contributed by atoms with E-state index in [1.165, 1.54) is 17.2 Å². The molecule has 0 bridgehead atoms. The van der Waals surface area contributed by atoms with Crippen LogP contribution in [0.3, 0.4) is 0 Å². The van der Waals surface area contributed by atoms with Crippen LogP contribution in [0.5, 0.6) is 0 Å². The van der Waals surface area contributed by atoms with Gasteiger partial charge in [0, 0.05) is 23.7 Å². The fraction of sp³-hybridized carbons (Fsp3) is 0.188. The molecule has 0 aliphatic carbocycles. The lowest BCUT2D eigenvalue weighted by molar-refractivity contribution is -0.126. The highest BCUT2D eigenvalue weighted by Crippen LogP contribution is 2.27. The first-order valence-corrected chi connectivity index (χ1v) is 7.62. The molecule has 0 spiro atoms. The number of halogens is 1. The molecule has 1 atom stereocenters. The highest BCUT2D eigenvalue weighted by atomic mass is 35.5. The van der Waals surface area contributed by atoms with Crippen LogP contribution in [0, 0.1) is 5.92 Å². The summed E-state index contributed by atoms with van der Waals surface area (Å²) in [7, 11) is 0. The molecule has 1 aliphatic heterocycles. The van der Waals surface area contributed by atoms with E-state index in [0.29, 0.717) is 10.7 Å². The molecule has 2 N–H and O–H groups in total. The number of amides is 3. The van der Waals surface area contributed by atoms with Crippen LogP contribution in [0.15, 0.2) is 47.1 Å². The van der Waals surface area contributed by atoms with Gasteiger partial charge in [0.1, 0.15) is 0 Å². The average molecular weight is 348 g/mol. The number of carbonyl (C=O) groups excluding carboxylic acids is 3. The average Bonchev–Trinajstić information content (AvgIpc) is 3.22. The van der Waals surface area contributed by atoms with Gasteiger partial charge in [-0.15, -0.1) is 0 Å². The fourth-order valence-corrected chi connectivity index (χ4v) is 2.65. The van der Waals surface area contributed by atoms with Gasteiger partial charge in [0.15, 0.2) is 5.76 Å². The second-order valence-electron chi connectivity index (χ2n) is 5.31. The summed E-state index contributed by atoms with van der Waals surface area (Å²) in [6.45, 7) is 0.224. The molecule has 1 aromatic heterocycles. The first kappa shape index (κ1) is 16.1. The summed E-state index contributed by atoms with van der Waals surface area (Å²) >= 11 is 5.93. The van der Waals surface area contributed by atoms with Crippen LogP contribution in [-0.2, 0) is 9.59 Å². The van der Waals surface area contributed by atoms with Crippen molar-refractivity contribution in [3.8, 4) is 0 Å². The Labute approximate surface area is 142 Å². The van der Waals surface area contributed by atoms with Gasteiger partial charge in [-0.05, 0) is 30.3 Å². The molecule has 2 aromatic rings. The van der Waals surface area contributed by atoms with Crippen molar-refractivity contribution in [2.24, 2.45) is 5.92 Å². The van der Waals surface area contributed by atoms with E-state index in [-0.39, 0.29) is 24.6 Å². The van der Waals surface area contributed by atoms with Crippen molar-refractivity contribution in [1.82, 2.24) is 10.9 Å². The van der Waals surface area contributed by atoms with E-state index < -0.39 is 17.7 Å². The number of anilines is 1. The Balaban J connectivity index is 1.59. The molecule has 3 rings (SSSR count). The maximum Gasteiger partial charge on any atom is 0.305 e. The number of furan rings is 1. The van der Waals surface area contributed by atoms with Gasteiger partial charge in [-0.1, -0.05) is 17.7 Å². The topological polar surface area (TPSA) is 91.7 Å². The van der Waals surface area contributed by atoms with Crippen molar-refractivity contribution in [2.45, 2.75) is 6.42 Å². The van der Waals surface area contributed by atoms with E-state index >= 15 is 0 Å². The van der Waals surface area contributed by atoms with E-state index in [1.807, 2.05) is 0 Å². The second-order valence-corrected chi connectivity index (χ2v) is 5.74. The van der Waals surface area contributed by atoms with Crippen LogP contribution in [0.4, 0.5) is 5.69 Å². The lowest BCUT2D eigenvalue weighted by Gasteiger charge is -2.17. The standard InChI is InChI=1S/C16H14ClN3O4/c17-11-3-1-4-12(8-11)20-9-10(7-14(20)21)15(22)18-19-16(23)13-5-2-6-24-13/h1-6,8,10H,7,9H2,(H,18,22)(H,19,23)/t10-/m0/s1. The van der Waals surface area contributed by atoms with Crippen LogP contribution in [-0.4, -0.2) is 24.3 Å². The second kappa shape index (κ2) is 6.76. The zero-order valence-corrected chi connectivity index (χ0v) is 13.2. The largest absolute Gasteiger partial charge is 0.459 e. The number of nitrogens with one attached hydrogen (secondary N) is 2. The minimum absolute atomic E-state index is 0.0645. The quantitative estimate of drug-likeness (QED) is 0.827. The van der Waals surface area contributed by atoms with Crippen molar-refractivity contribution < 1.29 is 18.8 Å².